The summed E-state index contributed by atoms with van der Waals surface area (Å²) in [5.41, 5.74) is 3.87. The number of hydrogen-bond acceptors (Lipinski definition) is 5. The second-order valence-corrected chi connectivity index (χ2v) is 10.2. The van der Waals surface area contributed by atoms with Crippen molar-refractivity contribution < 1.29 is 17.9 Å². The number of nitrogens with zero attached hydrogens (tertiary/aromatic N) is 2. The molecule has 8 nitrogen and oxygen atoms in total. The molecule has 1 aliphatic rings. The standard InChI is InChI=1S/C23H25ClN4O4S/c1-32-21-13-10-16(14-19(21)27-33(2,30)31)25-23(29)22-18-6-4-3-5-7-20(18)28(26-22)17-11-8-15(24)9-12-17/h8-14,27H,3-7H2,1-2H3,(H,25,29). The number of sulfonamides is 1. The number of halogens is 1. The Morgan fingerprint density at radius 3 is 2.52 bits per heavy atom. The first-order chi connectivity index (χ1) is 15.7. The number of aromatic nitrogens is 2. The van der Waals surface area contributed by atoms with Crippen molar-refractivity contribution in [3.63, 3.8) is 0 Å². The van der Waals surface area contributed by atoms with Crippen LogP contribution in [0.3, 0.4) is 0 Å². The lowest BCUT2D eigenvalue weighted by molar-refractivity contribution is 0.102. The van der Waals surface area contributed by atoms with Gasteiger partial charge < -0.3 is 10.1 Å². The van der Waals surface area contributed by atoms with Crippen LogP contribution in [0.4, 0.5) is 11.4 Å². The number of carbonyl (C=O) groups is 1. The summed E-state index contributed by atoms with van der Waals surface area (Å²) in [6.07, 6.45) is 5.78. The highest BCUT2D eigenvalue weighted by Gasteiger charge is 2.25. The number of anilines is 2. The zero-order chi connectivity index (χ0) is 23.6. The number of methoxy groups -OCH3 is 1. The van der Waals surface area contributed by atoms with Gasteiger partial charge in [-0.15, -0.1) is 0 Å². The van der Waals surface area contributed by atoms with Gasteiger partial charge in [0.15, 0.2) is 5.69 Å². The molecule has 0 radical (unpaired) electrons. The summed E-state index contributed by atoms with van der Waals surface area (Å²) in [6.45, 7) is 0. The molecule has 0 fully saturated rings. The van der Waals surface area contributed by atoms with E-state index in [1.807, 2.05) is 16.8 Å². The largest absolute Gasteiger partial charge is 0.495 e. The highest BCUT2D eigenvalue weighted by molar-refractivity contribution is 7.92. The molecule has 1 heterocycles. The summed E-state index contributed by atoms with van der Waals surface area (Å²) in [5.74, 6) is -0.00403. The Morgan fingerprint density at radius 1 is 1.09 bits per heavy atom. The minimum Gasteiger partial charge on any atom is -0.495 e. The number of benzene rings is 2. The zero-order valence-electron chi connectivity index (χ0n) is 18.4. The quantitative estimate of drug-likeness (QED) is 0.500. The molecular formula is C23H25ClN4O4S. The van der Waals surface area contributed by atoms with Crippen molar-refractivity contribution >= 4 is 38.9 Å². The molecule has 0 saturated carbocycles. The molecule has 33 heavy (non-hydrogen) atoms. The fourth-order valence-corrected chi connectivity index (χ4v) is 4.69. The molecule has 0 saturated heterocycles. The number of nitrogens with one attached hydrogen (secondary N) is 2. The number of fused-ring (bicyclic) bond motifs is 1. The molecule has 10 heteroatoms. The van der Waals surface area contributed by atoms with Crippen molar-refractivity contribution in [3.05, 3.63) is 64.4 Å². The molecule has 1 aromatic heterocycles. The lowest BCUT2D eigenvalue weighted by atomic mass is 10.1. The van der Waals surface area contributed by atoms with Gasteiger partial charge in [-0.25, -0.2) is 13.1 Å². The van der Waals surface area contributed by atoms with Gasteiger partial charge in [0.2, 0.25) is 10.0 Å². The summed E-state index contributed by atoms with van der Waals surface area (Å²) in [4.78, 5) is 13.3. The van der Waals surface area contributed by atoms with Crippen LogP contribution >= 0.6 is 11.6 Å². The first-order valence-corrected chi connectivity index (χ1v) is 12.9. The van der Waals surface area contributed by atoms with Gasteiger partial charge in [-0.3, -0.25) is 9.52 Å². The van der Waals surface area contributed by atoms with Gasteiger partial charge in [0.25, 0.3) is 5.91 Å². The maximum Gasteiger partial charge on any atom is 0.276 e. The molecule has 0 unspecified atom stereocenters. The van der Waals surface area contributed by atoms with Crippen molar-refractivity contribution in [1.82, 2.24) is 9.78 Å². The van der Waals surface area contributed by atoms with E-state index in [2.05, 4.69) is 15.1 Å². The van der Waals surface area contributed by atoms with Crippen molar-refractivity contribution in [2.45, 2.75) is 32.1 Å². The predicted octanol–water partition coefficient (Wildman–Crippen LogP) is 4.43. The predicted molar refractivity (Wildman–Crippen MR) is 129 cm³/mol. The van der Waals surface area contributed by atoms with Crippen LogP contribution < -0.4 is 14.8 Å². The SMILES string of the molecule is COc1ccc(NC(=O)c2nn(-c3ccc(Cl)cc3)c3c2CCCCC3)cc1NS(C)(=O)=O. The molecule has 0 spiro atoms. The van der Waals surface area contributed by atoms with Crippen LogP contribution in [0.1, 0.15) is 41.0 Å². The third kappa shape index (κ3) is 5.31. The minimum atomic E-state index is -3.52. The van der Waals surface area contributed by atoms with E-state index in [-0.39, 0.29) is 11.6 Å². The monoisotopic (exact) mass is 488 g/mol. The molecule has 1 amide bonds. The Kier molecular flexibility index (Phi) is 6.62. The second-order valence-electron chi connectivity index (χ2n) is 7.97. The van der Waals surface area contributed by atoms with Crippen molar-refractivity contribution in [2.24, 2.45) is 0 Å². The van der Waals surface area contributed by atoms with Crippen molar-refractivity contribution in [1.29, 1.82) is 0 Å². The van der Waals surface area contributed by atoms with E-state index in [1.165, 1.54) is 13.2 Å². The van der Waals surface area contributed by atoms with Crippen LogP contribution in [0.2, 0.25) is 5.02 Å². The number of hydrogen-bond donors (Lipinski definition) is 2. The minimum absolute atomic E-state index is 0.239. The fraction of sp³-hybridized carbons (Fsp3) is 0.304. The summed E-state index contributed by atoms with van der Waals surface area (Å²) in [7, 11) is -2.08. The van der Waals surface area contributed by atoms with E-state index in [0.717, 1.165) is 55.3 Å². The normalized spacial score (nSPS) is 13.7. The Balaban J connectivity index is 1.69. The summed E-state index contributed by atoms with van der Waals surface area (Å²) in [5, 5.41) is 8.16. The molecule has 1 aliphatic carbocycles. The maximum atomic E-state index is 13.3. The van der Waals surface area contributed by atoms with Gasteiger partial charge in [0, 0.05) is 22.0 Å². The van der Waals surface area contributed by atoms with Gasteiger partial charge in [-0.05, 0) is 68.1 Å². The number of carbonyl (C=O) groups excluding carboxylic acids is 1. The lowest BCUT2D eigenvalue weighted by Gasteiger charge is -2.12. The van der Waals surface area contributed by atoms with E-state index in [1.54, 1.807) is 24.3 Å². The highest BCUT2D eigenvalue weighted by atomic mass is 35.5. The van der Waals surface area contributed by atoms with E-state index >= 15 is 0 Å². The Hall–Kier alpha value is -3.04. The summed E-state index contributed by atoms with van der Waals surface area (Å²) >= 11 is 6.04. The number of ether oxygens (including phenoxy) is 1. The Bertz CT molecular complexity index is 1290. The second kappa shape index (κ2) is 9.44. The van der Waals surface area contributed by atoms with E-state index in [0.29, 0.717) is 22.2 Å². The highest BCUT2D eigenvalue weighted by Crippen LogP contribution is 2.30. The van der Waals surface area contributed by atoms with Crippen LogP contribution in [-0.4, -0.2) is 37.5 Å². The van der Waals surface area contributed by atoms with Gasteiger partial charge >= 0.3 is 0 Å². The van der Waals surface area contributed by atoms with Crippen LogP contribution in [-0.2, 0) is 22.9 Å². The molecule has 174 valence electrons. The molecule has 0 aliphatic heterocycles. The topological polar surface area (TPSA) is 102 Å². The van der Waals surface area contributed by atoms with Gasteiger partial charge in [-0.1, -0.05) is 18.0 Å². The summed E-state index contributed by atoms with van der Waals surface area (Å²) < 4.78 is 32.9. The average Bonchev–Trinajstić information content (AvgIpc) is 2.95. The third-order valence-corrected chi connectivity index (χ3v) is 6.31. The van der Waals surface area contributed by atoms with Crippen LogP contribution in [0.5, 0.6) is 5.75 Å². The molecule has 4 rings (SSSR count). The third-order valence-electron chi connectivity index (χ3n) is 5.47. The number of amides is 1. The molecule has 0 atom stereocenters. The van der Waals surface area contributed by atoms with Crippen molar-refractivity contribution in [2.75, 3.05) is 23.4 Å². The molecule has 2 aromatic carbocycles. The van der Waals surface area contributed by atoms with Crippen LogP contribution in [0.15, 0.2) is 42.5 Å². The maximum absolute atomic E-state index is 13.3. The molecule has 2 N–H and O–H groups in total. The molecular weight excluding hydrogens is 464 g/mol. The average molecular weight is 489 g/mol. The lowest BCUT2D eigenvalue weighted by Crippen LogP contribution is -2.16. The van der Waals surface area contributed by atoms with Crippen molar-refractivity contribution in [3.8, 4) is 11.4 Å². The van der Waals surface area contributed by atoms with E-state index in [9.17, 15) is 13.2 Å². The number of rotatable bonds is 6. The molecule has 3 aromatic rings. The van der Waals surface area contributed by atoms with E-state index in [4.69, 9.17) is 16.3 Å². The zero-order valence-corrected chi connectivity index (χ0v) is 20.0. The fourth-order valence-electron chi connectivity index (χ4n) is 4.01. The Morgan fingerprint density at radius 2 is 1.82 bits per heavy atom. The van der Waals surface area contributed by atoms with Crippen LogP contribution in [0.25, 0.3) is 5.69 Å². The van der Waals surface area contributed by atoms with Gasteiger partial charge in [-0.2, -0.15) is 5.10 Å². The van der Waals surface area contributed by atoms with Gasteiger partial charge in [0.05, 0.1) is 24.7 Å². The van der Waals surface area contributed by atoms with Gasteiger partial charge in [0.1, 0.15) is 5.75 Å². The molecule has 0 bridgehead atoms. The first kappa shape index (κ1) is 23.1. The first-order valence-electron chi connectivity index (χ1n) is 10.6. The van der Waals surface area contributed by atoms with E-state index < -0.39 is 10.0 Å². The van der Waals surface area contributed by atoms with Crippen LogP contribution in [0, 0.1) is 0 Å². The summed E-state index contributed by atoms with van der Waals surface area (Å²) in [6, 6.07) is 12.1. The smallest absolute Gasteiger partial charge is 0.276 e. The Labute approximate surface area is 198 Å².